The van der Waals surface area contributed by atoms with Gasteiger partial charge < -0.3 is 15.2 Å². The minimum atomic E-state index is -0.951. The Balaban J connectivity index is 0.00000205. The molecule has 2 aromatic carbocycles. The summed E-state index contributed by atoms with van der Waals surface area (Å²) < 4.78 is 16.2. The van der Waals surface area contributed by atoms with Crippen molar-refractivity contribution >= 4 is 35.1 Å². The van der Waals surface area contributed by atoms with Crippen molar-refractivity contribution in [3.05, 3.63) is 65.0 Å². The van der Waals surface area contributed by atoms with Gasteiger partial charge in [-0.1, -0.05) is 35.9 Å². The number of piperidine rings is 1. The van der Waals surface area contributed by atoms with Crippen molar-refractivity contribution in [3.63, 3.8) is 0 Å². The Morgan fingerprint density at radius 2 is 2.00 bits per heavy atom. The van der Waals surface area contributed by atoms with Crippen LogP contribution < -0.4 is 10.6 Å². The third-order valence-electron chi connectivity index (χ3n) is 6.04. The highest BCUT2D eigenvalue weighted by Gasteiger charge is 2.33. The zero-order valence-electron chi connectivity index (χ0n) is 16.0. The van der Waals surface area contributed by atoms with Crippen LogP contribution in [0.4, 0.5) is 16.0 Å². The Morgan fingerprint density at radius 3 is 2.79 bits per heavy atom. The van der Waals surface area contributed by atoms with Crippen LogP contribution in [0.15, 0.2) is 42.5 Å². The molecule has 3 atom stereocenters. The van der Waals surface area contributed by atoms with E-state index in [1.54, 1.807) is 0 Å². The Kier molecular flexibility index (Phi) is 5.20. The van der Waals surface area contributed by atoms with E-state index in [-0.39, 0.29) is 18.4 Å². The van der Waals surface area contributed by atoms with Crippen LogP contribution in [-0.2, 0) is 6.42 Å². The fraction of sp³-hybridized carbons (Fsp3) is 0.364. The first-order chi connectivity index (χ1) is 13.7. The Bertz CT molecular complexity index is 1090. The molecule has 1 aliphatic carbocycles. The fourth-order valence-electron chi connectivity index (χ4n) is 4.62. The second-order valence-corrected chi connectivity index (χ2v) is 7.73. The summed E-state index contributed by atoms with van der Waals surface area (Å²) in [6, 6.07) is 13.8. The molecule has 0 unspecified atom stereocenters. The number of aromatic nitrogens is 2. The summed E-state index contributed by atoms with van der Waals surface area (Å²) in [6.07, 6.45) is 1.39. The minimum Gasteiger partial charge on any atom is -0.340 e. The summed E-state index contributed by atoms with van der Waals surface area (Å²) in [4.78, 5) is 10.6. The molecule has 7 heteroatoms. The molecule has 1 aliphatic heterocycles. The highest BCUT2D eigenvalue weighted by Crippen LogP contribution is 2.41. The molecule has 1 saturated heterocycles. The molecule has 0 spiro atoms. The molecule has 2 N–H and O–H groups in total. The standard InChI is InChI=1S/C22H22FN5.ClH/c1-25-15-7-8-16-14(12-15)6-9-20(16)28-21-5-3-2-4-19(21)26-22(28)27-11-10-17(23)18(24)13-27;/h2-5,7-8,12,17-18,20H,6,9-11,13,24H2;1H/t17-,18-,20-;/m1./s1. The maximum absolute atomic E-state index is 13.9. The first-order valence-electron chi connectivity index (χ1n) is 9.77. The number of hydrogen-bond donors (Lipinski definition) is 1. The molecule has 5 rings (SSSR count). The van der Waals surface area contributed by atoms with Crippen LogP contribution in [0, 0.1) is 6.57 Å². The summed E-state index contributed by atoms with van der Waals surface area (Å²) in [5.74, 6) is 0.871. The van der Waals surface area contributed by atoms with Crippen molar-refractivity contribution in [1.82, 2.24) is 9.55 Å². The van der Waals surface area contributed by atoms with Crippen molar-refractivity contribution < 1.29 is 4.39 Å². The van der Waals surface area contributed by atoms with Crippen LogP contribution in [-0.4, -0.2) is 34.9 Å². The van der Waals surface area contributed by atoms with E-state index in [1.165, 1.54) is 11.1 Å². The van der Waals surface area contributed by atoms with Crippen molar-refractivity contribution in [3.8, 4) is 0 Å². The molecule has 29 heavy (non-hydrogen) atoms. The Labute approximate surface area is 175 Å². The number of imidazole rings is 1. The van der Waals surface area contributed by atoms with E-state index >= 15 is 0 Å². The van der Waals surface area contributed by atoms with Crippen LogP contribution in [0.25, 0.3) is 15.9 Å². The van der Waals surface area contributed by atoms with Gasteiger partial charge in [-0.15, -0.1) is 12.4 Å². The van der Waals surface area contributed by atoms with Crippen molar-refractivity contribution in [2.45, 2.75) is 37.5 Å². The molecule has 2 heterocycles. The van der Waals surface area contributed by atoms with Crippen LogP contribution in [0.3, 0.4) is 0 Å². The minimum absolute atomic E-state index is 0. The Morgan fingerprint density at radius 1 is 1.17 bits per heavy atom. The third kappa shape index (κ3) is 3.25. The van der Waals surface area contributed by atoms with E-state index in [9.17, 15) is 4.39 Å². The average molecular weight is 412 g/mol. The average Bonchev–Trinajstić information content (AvgIpc) is 3.30. The predicted octanol–water partition coefficient (Wildman–Crippen LogP) is 4.42. The summed E-state index contributed by atoms with van der Waals surface area (Å²) in [5.41, 5.74) is 11.2. The predicted molar refractivity (Wildman–Crippen MR) is 116 cm³/mol. The quantitative estimate of drug-likeness (QED) is 0.635. The van der Waals surface area contributed by atoms with Gasteiger partial charge in [0, 0.05) is 13.1 Å². The van der Waals surface area contributed by atoms with Crippen molar-refractivity contribution in [1.29, 1.82) is 0 Å². The maximum atomic E-state index is 13.9. The number of aryl methyl sites for hydroxylation is 1. The van der Waals surface area contributed by atoms with E-state index < -0.39 is 12.2 Å². The molecule has 0 radical (unpaired) electrons. The summed E-state index contributed by atoms with van der Waals surface area (Å²) in [5, 5.41) is 0. The van der Waals surface area contributed by atoms with Gasteiger partial charge >= 0.3 is 0 Å². The first kappa shape index (κ1) is 19.7. The highest BCUT2D eigenvalue weighted by molar-refractivity contribution is 5.85. The number of anilines is 1. The molecule has 150 valence electrons. The lowest BCUT2D eigenvalue weighted by Crippen LogP contribution is -2.50. The molecular formula is C22H23ClFN5. The SMILES string of the molecule is Cl.[C-]#[N+]c1ccc2c(c1)CC[C@H]2n1c(N2CC[C@@H](F)[C@H](N)C2)nc2ccccc21. The zero-order valence-corrected chi connectivity index (χ0v) is 16.8. The summed E-state index contributed by atoms with van der Waals surface area (Å²) in [7, 11) is 0. The summed E-state index contributed by atoms with van der Waals surface area (Å²) >= 11 is 0. The van der Waals surface area contributed by atoms with Gasteiger partial charge in [-0.25, -0.2) is 14.2 Å². The van der Waals surface area contributed by atoms with Crippen molar-refractivity contribution in [2.75, 3.05) is 18.0 Å². The molecule has 2 aliphatic rings. The lowest BCUT2D eigenvalue weighted by atomic mass is 10.0. The zero-order chi connectivity index (χ0) is 19.3. The Hall–Kier alpha value is -2.62. The lowest BCUT2D eigenvalue weighted by molar-refractivity contribution is 0.243. The van der Waals surface area contributed by atoms with Gasteiger partial charge in [0.05, 0.1) is 29.7 Å². The number of rotatable bonds is 2. The normalized spacial score (nSPS) is 23.5. The van der Waals surface area contributed by atoms with Gasteiger partial charge in [0.2, 0.25) is 5.95 Å². The van der Waals surface area contributed by atoms with Gasteiger partial charge in [0.1, 0.15) is 6.17 Å². The van der Waals surface area contributed by atoms with Gasteiger partial charge in [-0.05, 0) is 37.0 Å². The van der Waals surface area contributed by atoms with Crippen LogP contribution in [0.5, 0.6) is 0 Å². The number of nitrogens with two attached hydrogens (primary N) is 1. The number of fused-ring (bicyclic) bond motifs is 2. The molecule has 1 fully saturated rings. The molecular weight excluding hydrogens is 389 g/mol. The monoisotopic (exact) mass is 411 g/mol. The molecule has 3 aromatic rings. The molecule has 0 saturated carbocycles. The number of alkyl halides is 1. The number of para-hydroxylation sites is 2. The van der Waals surface area contributed by atoms with E-state index in [0.29, 0.717) is 25.2 Å². The van der Waals surface area contributed by atoms with Crippen molar-refractivity contribution in [2.24, 2.45) is 5.73 Å². The van der Waals surface area contributed by atoms with Gasteiger partial charge in [-0.3, -0.25) is 0 Å². The van der Waals surface area contributed by atoms with Crippen LogP contribution in [0.2, 0.25) is 0 Å². The number of nitrogens with zero attached hydrogens (tertiary/aromatic N) is 4. The first-order valence-corrected chi connectivity index (χ1v) is 9.77. The van der Waals surface area contributed by atoms with E-state index in [2.05, 4.69) is 26.4 Å². The topological polar surface area (TPSA) is 51.4 Å². The lowest BCUT2D eigenvalue weighted by Gasteiger charge is -2.35. The fourth-order valence-corrected chi connectivity index (χ4v) is 4.62. The summed E-state index contributed by atoms with van der Waals surface area (Å²) in [6.45, 7) is 8.36. The molecule has 0 bridgehead atoms. The van der Waals surface area contributed by atoms with Gasteiger partial charge in [0.25, 0.3) is 0 Å². The third-order valence-corrected chi connectivity index (χ3v) is 6.04. The van der Waals surface area contributed by atoms with Gasteiger partial charge in [0.15, 0.2) is 5.69 Å². The highest BCUT2D eigenvalue weighted by atomic mass is 35.5. The second-order valence-electron chi connectivity index (χ2n) is 7.73. The molecule has 0 amide bonds. The van der Waals surface area contributed by atoms with Crippen LogP contribution in [0.1, 0.15) is 30.0 Å². The van der Waals surface area contributed by atoms with E-state index in [0.717, 1.165) is 29.8 Å². The van der Waals surface area contributed by atoms with Gasteiger partial charge in [-0.2, -0.15) is 0 Å². The number of hydrogen-bond acceptors (Lipinski definition) is 3. The largest absolute Gasteiger partial charge is 0.340 e. The van der Waals surface area contributed by atoms with E-state index in [4.69, 9.17) is 17.3 Å². The maximum Gasteiger partial charge on any atom is 0.207 e. The van der Waals surface area contributed by atoms with E-state index in [1.807, 2.05) is 30.3 Å². The molecule has 5 nitrogen and oxygen atoms in total. The molecule has 1 aromatic heterocycles. The second kappa shape index (κ2) is 7.66. The van der Waals surface area contributed by atoms with Crippen LogP contribution >= 0.6 is 12.4 Å². The number of benzene rings is 2. The number of halogens is 2. The smallest absolute Gasteiger partial charge is 0.207 e.